The highest BCUT2D eigenvalue weighted by atomic mass is 79.9. The van der Waals surface area contributed by atoms with Crippen LogP contribution in [0, 0.1) is 6.92 Å². The normalized spacial score (nSPS) is 10.4. The number of nitrogens with one attached hydrogen (secondary N) is 2. The van der Waals surface area contributed by atoms with Gasteiger partial charge in [-0.05, 0) is 31.5 Å². The van der Waals surface area contributed by atoms with Gasteiger partial charge in [-0.1, -0.05) is 28.9 Å². The van der Waals surface area contributed by atoms with Crippen LogP contribution in [0.3, 0.4) is 0 Å². The smallest absolute Gasteiger partial charge is 0.148 e. The third-order valence-corrected chi connectivity index (χ3v) is 3.38. The lowest BCUT2D eigenvalue weighted by Gasteiger charge is -2.13. The van der Waals surface area contributed by atoms with Gasteiger partial charge in [-0.15, -0.1) is 0 Å². The molecule has 0 aliphatic heterocycles. The molecule has 1 aromatic carbocycles. The maximum Gasteiger partial charge on any atom is 0.148 e. The molecule has 0 spiro atoms. The zero-order valence-corrected chi connectivity index (χ0v) is 13.2. The highest BCUT2D eigenvalue weighted by Gasteiger charge is 2.10. The van der Waals surface area contributed by atoms with Crippen molar-refractivity contribution in [2.75, 3.05) is 10.7 Å². The summed E-state index contributed by atoms with van der Waals surface area (Å²) >= 11 is 3.46. The molecule has 6 heteroatoms. The zero-order valence-electron chi connectivity index (χ0n) is 11.6. The molecular weight excluding hydrogens is 318 g/mol. The molecule has 0 saturated carbocycles. The minimum Gasteiger partial charge on any atom is -0.340 e. The average molecular weight is 336 g/mol. The Labute approximate surface area is 127 Å². The number of nitrogens with zero attached hydrogens (tertiary/aromatic N) is 2. The van der Waals surface area contributed by atoms with Crippen molar-refractivity contribution in [2.45, 2.75) is 26.7 Å². The average Bonchev–Trinajstić information content (AvgIpc) is 2.42. The van der Waals surface area contributed by atoms with Gasteiger partial charge in [0.05, 0.1) is 0 Å². The lowest BCUT2D eigenvalue weighted by Crippen LogP contribution is -2.14. The molecule has 106 valence electrons. The number of rotatable bonds is 5. The van der Waals surface area contributed by atoms with E-state index in [2.05, 4.69) is 43.6 Å². The molecule has 1 aromatic heterocycles. The van der Waals surface area contributed by atoms with Crippen molar-refractivity contribution in [3.05, 3.63) is 40.1 Å². The summed E-state index contributed by atoms with van der Waals surface area (Å²) in [7, 11) is 0. The summed E-state index contributed by atoms with van der Waals surface area (Å²) in [5.41, 5.74) is 4.49. The van der Waals surface area contributed by atoms with Crippen LogP contribution in [0.15, 0.2) is 28.7 Å². The second kappa shape index (κ2) is 6.67. The molecule has 0 amide bonds. The Hall–Kier alpha value is -1.66. The van der Waals surface area contributed by atoms with Crippen LogP contribution in [0.1, 0.15) is 24.7 Å². The molecule has 2 rings (SSSR count). The number of halogens is 1. The van der Waals surface area contributed by atoms with Gasteiger partial charge in [-0.3, -0.25) is 0 Å². The predicted molar refractivity (Wildman–Crippen MR) is 86.0 cm³/mol. The Morgan fingerprint density at radius 1 is 1.25 bits per heavy atom. The molecule has 0 aliphatic rings. The summed E-state index contributed by atoms with van der Waals surface area (Å²) < 4.78 is 1.01. The van der Waals surface area contributed by atoms with E-state index in [0.29, 0.717) is 5.82 Å². The number of aromatic nitrogens is 2. The fourth-order valence-corrected chi connectivity index (χ4v) is 2.26. The number of nitrogens with two attached hydrogens (primary N) is 1. The second-order valence-corrected chi connectivity index (χ2v) is 5.41. The molecule has 5 nitrogen and oxygen atoms in total. The van der Waals surface area contributed by atoms with Crippen molar-refractivity contribution >= 4 is 33.3 Å². The molecule has 0 saturated heterocycles. The van der Waals surface area contributed by atoms with Gasteiger partial charge in [0.1, 0.15) is 17.5 Å². The second-order valence-electron chi connectivity index (χ2n) is 4.49. The summed E-state index contributed by atoms with van der Waals surface area (Å²) in [5.74, 6) is 7.73. The molecule has 2 aromatic rings. The highest BCUT2D eigenvalue weighted by molar-refractivity contribution is 9.10. The molecule has 0 atom stereocenters. The van der Waals surface area contributed by atoms with E-state index in [1.54, 1.807) is 0 Å². The van der Waals surface area contributed by atoms with Crippen molar-refractivity contribution in [2.24, 2.45) is 5.84 Å². The van der Waals surface area contributed by atoms with Crippen molar-refractivity contribution in [3.8, 4) is 0 Å². The first-order valence-corrected chi connectivity index (χ1v) is 7.30. The fourth-order valence-electron chi connectivity index (χ4n) is 1.86. The molecule has 0 radical (unpaired) electrons. The molecule has 20 heavy (non-hydrogen) atoms. The van der Waals surface area contributed by atoms with E-state index in [9.17, 15) is 0 Å². The largest absolute Gasteiger partial charge is 0.340 e. The molecule has 1 heterocycles. The molecule has 0 aliphatic carbocycles. The van der Waals surface area contributed by atoms with Crippen molar-refractivity contribution in [3.63, 3.8) is 0 Å². The number of aryl methyl sites for hydroxylation is 1. The topological polar surface area (TPSA) is 75.9 Å². The molecule has 0 bridgehead atoms. The zero-order chi connectivity index (χ0) is 14.5. The minimum absolute atomic E-state index is 0.654. The summed E-state index contributed by atoms with van der Waals surface area (Å²) in [6.45, 7) is 4.03. The first kappa shape index (κ1) is 14.7. The van der Waals surface area contributed by atoms with Gasteiger partial charge in [0.15, 0.2) is 0 Å². The van der Waals surface area contributed by atoms with E-state index in [0.717, 1.165) is 40.2 Å². The molecule has 4 N–H and O–H groups in total. The van der Waals surface area contributed by atoms with Crippen LogP contribution in [-0.4, -0.2) is 9.97 Å². The lowest BCUT2D eigenvalue weighted by molar-refractivity contribution is 0.833. The van der Waals surface area contributed by atoms with Crippen molar-refractivity contribution < 1.29 is 0 Å². The number of benzene rings is 1. The predicted octanol–water partition coefficient (Wildman–Crippen LogP) is 3.53. The van der Waals surface area contributed by atoms with Crippen LogP contribution in [0.4, 0.5) is 17.3 Å². The minimum atomic E-state index is 0.654. The summed E-state index contributed by atoms with van der Waals surface area (Å²) in [6, 6.07) is 7.93. The van der Waals surface area contributed by atoms with Gasteiger partial charge in [0.25, 0.3) is 0 Å². The van der Waals surface area contributed by atoms with Gasteiger partial charge in [-0.2, -0.15) is 0 Å². The van der Waals surface area contributed by atoms with Crippen LogP contribution in [0.5, 0.6) is 0 Å². The SMILES string of the molecule is CCCc1nc(NN)c(C)c(Nc2cccc(Br)c2)n1. The Morgan fingerprint density at radius 3 is 2.65 bits per heavy atom. The third kappa shape index (κ3) is 3.46. The lowest BCUT2D eigenvalue weighted by atomic mass is 10.2. The fraction of sp³-hybridized carbons (Fsp3) is 0.286. The summed E-state index contributed by atoms with van der Waals surface area (Å²) in [6.07, 6.45) is 1.81. The quantitative estimate of drug-likeness (QED) is 0.575. The van der Waals surface area contributed by atoms with Gasteiger partial charge >= 0.3 is 0 Å². The Balaban J connectivity index is 2.36. The molecule has 0 fully saturated rings. The third-order valence-electron chi connectivity index (χ3n) is 2.89. The van der Waals surface area contributed by atoms with E-state index in [1.165, 1.54) is 0 Å². The van der Waals surface area contributed by atoms with Gasteiger partial charge < -0.3 is 10.7 Å². The Kier molecular flexibility index (Phi) is 4.92. The monoisotopic (exact) mass is 335 g/mol. The van der Waals surface area contributed by atoms with Crippen molar-refractivity contribution in [1.29, 1.82) is 0 Å². The van der Waals surface area contributed by atoms with E-state index in [4.69, 9.17) is 5.84 Å². The van der Waals surface area contributed by atoms with Gasteiger partial charge in [-0.25, -0.2) is 15.8 Å². The number of nitrogen functional groups attached to an aromatic ring is 1. The van der Waals surface area contributed by atoms with E-state index < -0.39 is 0 Å². The maximum absolute atomic E-state index is 5.53. The van der Waals surface area contributed by atoms with E-state index >= 15 is 0 Å². The van der Waals surface area contributed by atoms with Crippen LogP contribution in [0.25, 0.3) is 0 Å². The van der Waals surface area contributed by atoms with Crippen LogP contribution in [-0.2, 0) is 6.42 Å². The number of hydrazine groups is 1. The number of anilines is 3. The van der Waals surface area contributed by atoms with Crippen LogP contribution >= 0.6 is 15.9 Å². The van der Waals surface area contributed by atoms with Crippen LogP contribution < -0.4 is 16.6 Å². The Bertz CT molecular complexity index is 600. The van der Waals surface area contributed by atoms with Gasteiger partial charge in [0.2, 0.25) is 0 Å². The number of hydrogen-bond donors (Lipinski definition) is 3. The Morgan fingerprint density at radius 2 is 2.00 bits per heavy atom. The van der Waals surface area contributed by atoms with E-state index in [1.807, 2.05) is 31.2 Å². The first-order valence-electron chi connectivity index (χ1n) is 6.50. The van der Waals surface area contributed by atoms with Crippen molar-refractivity contribution in [1.82, 2.24) is 9.97 Å². The van der Waals surface area contributed by atoms with Crippen LogP contribution in [0.2, 0.25) is 0 Å². The highest BCUT2D eigenvalue weighted by Crippen LogP contribution is 2.25. The maximum atomic E-state index is 5.53. The van der Waals surface area contributed by atoms with Gasteiger partial charge in [0, 0.05) is 22.1 Å². The molecular formula is C14H18BrN5. The van der Waals surface area contributed by atoms with E-state index in [-0.39, 0.29) is 0 Å². The summed E-state index contributed by atoms with van der Waals surface area (Å²) in [4.78, 5) is 8.97. The standard InChI is InChI=1S/C14H18BrN5/c1-3-5-12-18-13(9(2)14(19-12)20-16)17-11-7-4-6-10(15)8-11/h4,6-8H,3,5,16H2,1-2H3,(H2,17,18,19,20). The summed E-state index contributed by atoms with van der Waals surface area (Å²) in [5, 5.41) is 3.31. The molecule has 0 unspecified atom stereocenters. The number of hydrogen-bond acceptors (Lipinski definition) is 5. The first-order chi connectivity index (χ1) is 9.63.